The first kappa shape index (κ1) is 9.43. The minimum Gasteiger partial charge on any atom is -0.432 e. The van der Waals surface area contributed by atoms with Gasteiger partial charge in [-0.2, -0.15) is 0 Å². The van der Waals surface area contributed by atoms with E-state index in [2.05, 4.69) is 4.74 Å². The van der Waals surface area contributed by atoms with Crippen LogP contribution in [0.3, 0.4) is 0 Å². The summed E-state index contributed by atoms with van der Waals surface area (Å²) in [6.07, 6.45) is 0. The lowest BCUT2D eigenvalue weighted by Crippen LogP contribution is -2.19. The van der Waals surface area contributed by atoms with Crippen LogP contribution in [0.25, 0.3) is 0 Å². The quantitative estimate of drug-likeness (QED) is 0.483. The summed E-state index contributed by atoms with van der Waals surface area (Å²) in [7, 11) is 0. The highest BCUT2D eigenvalue weighted by molar-refractivity contribution is 5.72. The van der Waals surface area contributed by atoms with Crippen molar-refractivity contribution >= 4 is 5.97 Å². The molecular weight excluding hydrogens is 132 g/mol. The first-order chi connectivity index (χ1) is 4.60. The molecule has 3 heteroatoms. The number of cyclic esters (lactones) is 1. The van der Waals surface area contributed by atoms with E-state index in [4.69, 9.17) is 4.74 Å². The zero-order chi connectivity index (χ0) is 8.20. The summed E-state index contributed by atoms with van der Waals surface area (Å²) >= 11 is 0. The Morgan fingerprint density at radius 3 is 2.00 bits per heavy atom. The Labute approximate surface area is 61.3 Å². The minimum absolute atomic E-state index is 0.0903. The summed E-state index contributed by atoms with van der Waals surface area (Å²) in [5.41, 5.74) is 0. The van der Waals surface area contributed by atoms with E-state index in [1.165, 1.54) is 0 Å². The Morgan fingerprint density at radius 1 is 1.40 bits per heavy atom. The van der Waals surface area contributed by atoms with E-state index in [1.807, 2.05) is 13.8 Å². The normalized spacial score (nSPS) is 21.0. The maximum atomic E-state index is 10.3. The van der Waals surface area contributed by atoms with Crippen LogP contribution >= 0.6 is 0 Å². The molecule has 0 aromatic rings. The van der Waals surface area contributed by atoms with Crippen molar-refractivity contribution in [1.29, 1.82) is 0 Å². The predicted molar refractivity (Wildman–Crippen MR) is 37.5 cm³/mol. The van der Waals surface area contributed by atoms with Gasteiger partial charge < -0.3 is 9.47 Å². The van der Waals surface area contributed by atoms with Crippen LogP contribution in [0.4, 0.5) is 0 Å². The molecule has 0 aliphatic carbocycles. The van der Waals surface area contributed by atoms with Gasteiger partial charge in [0.25, 0.3) is 0 Å². The fraction of sp³-hybridized carbons (Fsp3) is 0.857. The molecule has 3 nitrogen and oxygen atoms in total. The Morgan fingerprint density at radius 2 is 1.90 bits per heavy atom. The standard InChI is InChI=1S/C5H8O3.C2H6/c1-5(2)7-3-4(6)8-5;1-2/h3H2,1-2H3;1-2H3. The molecule has 0 aromatic carbocycles. The molecule has 0 radical (unpaired) electrons. The van der Waals surface area contributed by atoms with Crippen molar-refractivity contribution in [3.05, 3.63) is 0 Å². The number of rotatable bonds is 0. The van der Waals surface area contributed by atoms with Gasteiger partial charge in [0.05, 0.1) is 0 Å². The van der Waals surface area contributed by atoms with Crippen LogP contribution < -0.4 is 0 Å². The van der Waals surface area contributed by atoms with Gasteiger partial charge in [-0.3, -0.25) is 0 Å². The predicted octanol–water partition coefficient (Wildman–Crippen LogP) is 1.32. The first-order valence-electron chi connectivity index (χ1n) is 3.46. The fourth-order valence-corrected chi connectivity index (χ4v) is 0.566. The molecule has 0 unspecified atom stereocenters. The third-order valence-electron chi connectivity index (χ3n) is 0.897. The molecule has 0 atom stereocenters. The van der Waals surface area contributed by atoms with Gasteiger partial charge in [-0.1, -0.05) is 13.8 Å². The molecule has 1 rings (SSSR count). The molecule has 0 saturated carbocycles. The Hall–Kier alpha value is -0.570. The summed E-state index contributed by atoms with van der Waals surface area (Å²) in [6.45, 7) is 7.50. The molecule has 1 aliphatic heterocycles. The zero-order valence-electron chi connectivity index (χ0n) is 6.93. The SMILES string of the molecule is CC.CC1(C)OCC(=O)O1. The van der Waals surface area contributed by atoms with E-state index in [0.717, 1.165) is 0 Å². The van der Waals surface area contributed by atoms with Gasteiger partial charge in [0, 0.05) is 13.8 Å². The highest BCUT2D eigenvalue weighted by atomic mass is 16.8. The molecule has 1 heterocycles. The van der Waals surface area contributed by atoms with Crippen LogP contribution in [0.15, 0.2) is 0 Å². The number of carbonyl (C=O) groups excluding carboxylic acids is 1. The van der Waals surface area contributed by atoms with Gasteiger partial charge >= 0.3 is 5.97 Å². The van der Waals surface area contributed by atoms with E-state index < -0.39 is 5.79 Å². The van der Waals surface area contributed by atoms with E-state index in [9.17, 15) is 4.79 Å². The molecule has 0 aromatic heterocycles. The van der Waals surface area contributed by atoms with Crippen LogP contribution in [0.1, 0.15) is 27.7 Å². The van der Waals surface area contributed by atoms with E-state index in [0.29, 0.717) is 0 Å². The summed E-state index contributed by atoms with van der Waals surface area (Å²) in [5.74, 6) is -0.966. The molecule has 0 N–H and O–H groups in total. The number of carbonyl (C=O) groups is 1. The minimum atomic E-state index is -0.683. The van der Waals surface area contributed by atoms with Gasteiger partial charge in [0.1, 0.15) is 6.61 Å². The van der Waals surface area contributed by atoms with Crippen molar-refractivity contribution in [2.75, 3.05) is 6.61 Å². The van der Waals surface area contributed by atoms with Crippen LogP contribution in [0.2, 0.25) is 0 Å². The smallest absolute Gasteiger partial charge is 0.334 e. The van der Waals surface area contributed by atoms with E-state index in [-0.39, 0.29) is 12.6 Å². The van der Waals surface area contributed by atoms with Crippen molar-refractivity contribution in [2.45, 2.75) is 33.5 Å². The lowest BCUT2D eigenvalue weighted by molar-refractivity contribution is -0.159. The molecule has 0 bridgehead atoms. The Kier molecular flexibility index (Phi) is 3.36. The van der Waals surface area contributed by atoms with Crippen LogP contribution in [0.5, 0.6) is 0 Å². The van der Waals surface area contributed by atoms with Crippen molar-refractivity contribution in [3.63, 3.8) is 0 Å². The third-order valence-corrected chi connectivity index (χ3v) is 0.897. The molecule has 0 amide bonds. The molecule has 1 saturated heterocycles. The molecule has 60 valence electrons. The molecule has 1 aliphatic rings. The van der Waals surface area contributed by atoms with Gasteiger partial charge in [-0.05, 0) is 0 Å². The maximum Gasteiger partial charge on any atom is 0.334 e. The van der Waals surface area contributed by atoms with Crippen molar-refractivity contribution in [2.24, 2.45) is 0 Å². The largest absolute Gasteiger partial charge is 0.432 e. The first-order valence-corrected chi connectivity index (χ1v) is 3.46. The topological polar surface area (TPSA) is 35.5 Å². The molecular formula is C7H14O3. The maximum absolute atomic E-state index is 10.3. The summed E-state index contributed by atoms with van der Waals surface area (Å²) in [4.78, 5) is 10.3. The second-order valence-electron chi connectivity index (χ2n) is 2.16. The molecule has 10 heavy (non-hydrogen) atoms. The summed E-state index contributed by atoms with van der Waals surface area (Å²) in [6, 6.07) is 0. The van der Waals surface area contributed by atoms with Gasteiger partial charge in [-0.25, -0.2) is 4.79 Å². The van der Waals surface area contributed by atoms with E-state index in [1.54, 1.807) is 13.8 Å². The highest BCUT2D eigenvalue weighted by Crippen LogP contribution is 2.16. The number of esters is 1. The Balaban J connectivity index is 0.000000371. The van der Waals surface area contributed by atoms with Crippen LogP contribution in [-0.4, -0.2) is 18.4 Å². The fourth-order valence-electron chi connectivity index (χ4n) is 0.566. The van der Waals surface area contributed by atoms with Crippen LogP contribution in [0, 0.1) is 0 Å². The van der Waals surface area contributed by atoms with Crippen LogP contribution in [-0.2, 0) is 14.3 Å². The van der Waals surface area contributed by atoms with Crippen molar-refractivity contribution in [1.82, 2.24) is 0 Å². The Bertz CT molecular complexity index is 118. The molecule has 1 fully saturated rings. The number of hydrogen-bond acceptors (Lipinski definition) is 3. The lowest BCUT2D eigenvalue weighted by atomic mass is 10.4. The van der Waals surface area contributed by atoms with Crippen molar-refractivity contribution < 1.29 is 14.3 Å². The zero-order valence-corrected chi connectivity index (χ0v) is 6.93. The van der Waals surface area contributed by atoms with E-state index >= 15 is 0 Å². The van der Waals surface area contributed by atoms with Gasteiger partial charge in [0.15, 0.2) is 0 Å². The second kappa shape index (κ2) is 3.56. The second-order valence-corrected chi connectivity index (χ2v) is 2.16. The lowest BCUT2D eigenvalue weighted by Gasteiger charge is -2.13. The van der Waals surface area contributed by atoms with Gasteiger partial charge in [0.2, 0.25) is 5.79 Å². The average molecular weight is 146 g/mol. The highest BCUT2D eigenvalue weighted by Gasteiger charge is 2.31. The summed E-state index contributed by atoms with van der Waals surface area (Å²) < 4.78 is 9.57. The summed E-state index contributed by atoms with van der Waals surface area (Å²) in [5, 5.41) is 0. The van der Waals surface area contributed by atoms with Crippen molar-refractivity contribution in [3.8, 4) is 0 Å². The number of hydrogen-bond donors (Lipinski definition) is 0. The van der Waals surface area contributed by atoms with Gasteiger partial charge in [-0.15, -0.1) is 0 Å². The monoisotopic (exact) mass is 146 g/mol. The average Bonchev–Trinajstić information content (AvgIpc) is 2.15. The number of ether oxygens (including phenoxy) is 2. The third kappa shape index (κ3) is 2.82. The molecule has 0 spiro atoms.